The van der Waals surface area contributed by atoms with Crippen LogP contribution in [0.3, 0.4) is 0 Å². The van der Waals surface area contributed by atoms with Gasteiger partial charge in [0.05, 0.1) is 0 Å². The zero-order valence-corrected chi connectivity index (χ0v) is 12.2. The minimum atomic E-state index is -1.08. The maximum absolute atomic E-state index is 8.89. The Bertz CT molecular complexity index is 36.8. The fourth-order valence-corrected chi connectivity index (χ4v) is 0. The van der Waals surface area contributed by atoms with Crippen LogP contribution in [0.25, 0.3) is 0 Å². The van der Waals surface area contributed by atoms with Crippen molar-refractivity contribution >= 4 is 5.97 Å². The van der Waals surface area contributed by atoms with Gasteiger partial charge in [0.25, 0.3) is 0 Å². The summed E-state index contributed by atoms with van der Waals surface area (Å²) < 4.78 is 0. The molecule has 0 aromatic heterocycles. The molecule has 0 bridgehead atoms. The van der Waals surface area contributed by atoms with Crippen LogP contribution in [0.1, 0.15) is 6.92 Å². The second-order valence-corrected chi connectivity index (χ2v) is 0.492. The molecule has 0 rings (SSSR count). The number of aliphatic carboxylic acids is 1. The van der Waals surface area contributed by atoms with Crippen molar-refractivity contribution in [3.8, 4) is 0 Å². The standard InChI is InChI=1S/C2H4O2.3Na.2H2O/c1-2(3)4;;;;;/h1H3,(H,3,4);;;;2*1H2/q;3*+1;;/p-3. The van der Waals surface area contributed by atoms with E-state index in [0.29, 0.717) is 0 Å². The first-order valence-corrected chi connectivity index (χ1v) is 0.908. The Kier molecular flexibility index (Phi) is 148. The van der Waals surface area contributed by atoms with Crippen molar-refractivity contribution in [1.82, 2.24) is 0 Å². The summed E-state index contributed by atoms with van der Waals surface area (Å²) in [4.78, 5) is 8.89. The van der Waals surface area contributed by atoms with Gasteiger partial charge in [0.1, 0.15) is 0 Å². The minimum absolute atomic E-state index is 0. The van der Waals surface area contributed by atoms with Crippen LogP contribution < -0.4 is 93.8 Å². The Morgan fingerprint density at radius 1 is 1.11 bits per heavy atom. The van der Waals surface area contributed by atoms with E-state index >= 15 is 0 Å². The van der Waals surface area contributed by atoms with Crippen molar-refractivity contribution < 1.29 is 110 Å². The topological polar surface area (TPSA) is 100 Å². The van der Waals surface area contributed by atoms with Crippen LogP contribution >= 0.6 is 0 Å². The number of hydrogen-bond acceptors (Lipinski definition) is 4. The fourth-order valence-electron chi connectivity index (χ4n) is 0. The molecule has 0 aromatic rings. The van der Waals surface area contributed by atoms with Gasteiger partial charge in [0.15, 0.2) is 0 Å². The third-order valence-electron chi connectivity index (χ3n) is 0. The summed E-state index contributed by atoms with van der Waals surface area (Å²) in [5.41, 5.74) is 0. The van der Waals surface area contributed by atoms with E-state index in [-0.39, 0.29) is 99.6 Å². The van der Waals surface area contributed by atoms with Gasteiger partial charge in [-0.25, -0.2) is 0 Å². The average molecular weight is 162 g/mol. The number of carboxylic acids is 1. The Labute approximate surface area is 120 Å². The normalized spacial score (nSPS) is 2.78. The van der Waals surface area contributed by atoms with Gasteiger partial charge < -0.3 is 20.9 Å². The van der Waals surface area contributed by atoms with Gasteiger partial charge in [0.2, 0.25) is 0 Å². The Balaban J connectivity index is -0.00000000450. The van der Waals surface area contributed by atoms with Crippen LogP contribution in [0.4, 0.5) is 0 Å². The second-order valence-electron chi connectivity index (χ2n) is 0.492. The van der Waals surface area contributed by atoms with Crippen LogP contribution in [0.2, 0.25) is 0 Å². The molecular weight excluding hydrogens is 157 g/mol. The summed E-state index contributed by atoms with van der Waals surface area (Å²) in [5.74, 6) is -1.08. The van der Waals surface area contributed by atoms with Crippen LogP contribution in [-0.2, 0) is 4.79 Å². The molecule has 4 nitrogen and oxygen atoms in total. The third kappa shape index (κ3) is 128. The summed E-state index contributed by atoms with van der Waals surface area (Å²) in [5, 5.41) is 8.89. The third-order valence-corrected chi connectivity index (χ3v) is 0. The van der Waals surface area contributed by atoms with E-state index in [4.69, 9.17) is 9.90 Å². The van der Waals surface area contributed by atoms with Gasteiger partial charge >= 0.3 is 88.7 Å². The molecule has 0 saturated carbocycles. The van der Waals surface area contributed by atoms with Gasteiger partial charge in [-0.3, -0.25) is 0 Å². The molecule has 0 aromatic carbocycles. The van der Waals surface area contributed by atoms with Crippen molar-refractivity contribution in [3.05, 3.63) is 0 Å². The van der Waals surface area contributed by atoms with Gasteiger partial charge in [-0.2, -0.15) is 0 Å². The molecule has 0 amide bonds. The van der Waals surface area contributed by atoms with E-state index in [1.807, 2.05) is 0 Å². The number of rotatable bonds is 0. The van der Waals surface area contributed by atoms with E-state index in [0.717, 1.165) is 6.92 Å². The second kappa shape index (κ2) is 31.5. The number of carbonyl (C=O) groups excluding carboxylic acids is 1. The van der Waals surface area contributed by atoms with Gasteiger partial charge in [-0.1, -0.05) is 0 Å². The van der Waals surface area contributed by atoms with Crippen LogP contribution in [0.5, 0.6) is 0 Å². The minimum Gasteiger partial charge on any atom is -0.870 e. The van der Waals surface area contributed by atoms with Crippen LogP contribution in [0, 0.1) is 0 Å². The first-order valence-electron chi connectivity index (χ1n) is 0.908. The number of carbonyl (C=O) groups is 1. The molecule has 0 saturated heterocycles. The van der Waals surface area contributed by atoms with E-state index < -0.39 is 5.97 Å². The molecule has 40 valence electrons. The van der Waals surface area contributed by atoms with E-state index in [1.165, 1.54) is 0 Å². The summed E-state index contributed by atoms with van der Waals surface area (Å²) in [6, 6.07) is 0. The number of hydrogen-bond donors (Lipinski definition) is 0. The Morgan fingerprint density at radius 2 is 1.11 bits per heavy atom. The van der Waals surface area contributed by atoms with Crippen molar-refractivity contribution in [3.63, 3.8) is 0 Å². The van der Waals surface area contributed by atoms with E-state index in [9.17, 15) is 0 Å². The molecule has 0 heterocycles. The van der Waals surface area contributed by atoms with Crippen LogP contribution in [-0.4, -0.2) is 16.9 Å². The quantitative estimate of drug-likeness (QED) is 0.330. The van der Waals surface area contributed by atoms with Crippen molar-refractivity contribution in [2.45, 2.75) is 6.92 Å². The summed E-state index contributed by atoms with van der Waals surface area (Å²) >= 11 is 0. The fraction of sp³-hybridized carbons (Fsp3) is 0.500. The van der Waals surface area contributed by atoms with Gasteiger partial charge in [-0.05, 0) is 6.92 Å². The predicted octanol–water partition coefficient (Wildman–Crippen LogP) is -10.6. The molecule has 0 unspecified atom stereocenters. The van der Waals surface area contributed by atoms with Crippen molar-refractivity contribution in [2.75, 3.05) is 0 Å². The summed E-state index contributed by atoms with van der Waals surface area (Å²) in [6.45, 7) is 0.972. The van der Waals surface area contributed by atoms with Crippen molar-refractivity contribution in [1.29, 1.82) is 0 Å². The largest absolute Gasteiger partial charge is 1.00 e. The van der Waals surface area contributed by atoms with Crippen molar-refractivity contribution in [2.24, 2.45) is 0 Å². The maximum atomic E-state index is 8.89. The smallest absolute Gasteiger partial charge is 0.870 e. The molecule has 0 fully saturated rings. The number of carboxylic acid groups (broad SMARTS) is 1. The average Bonchev–Trinajstić information content (AvgIpc) is 0.811. The zero-order valence-electron chi connectivity index (χ0n) is 6.21. The molecule has 0 aliphatic heterocycles. The molecular formula is C2H5Na3O4. The molecule has 7 heteroatoms. The molecule has 0 radical (unpaired) electrons. The maximum Gasteiger partial charge on any atom is 1.00 e. The summed E-state index contributed by atoms with van der Waals surface area (Å²) in [6.07, 6.45) is 0. The Morgan fingerprint density at radius 3 is 1.11 bits per heavy atom. The monoisotopic (exact) mass is 162 g/mol. The molecule has 0 aliphatic rings. The van der Waals surface area contributed by atoms with E-state index in [2.05, 4.69) is 0 Å². The van der Waals surface area contributed by atoms with Gasteiger partial charge in [-0.15, -0.1) is 0 Å². The zero-order chi connectivity index (χ0) is 3.58. The molecule has 9 heavy (non-hydrogen) atoms. The summed E-state index contributed by atoms with van der Waals surface area (Å²) in [7, 11) is 0. The molecule has 2 N–H and O–H groups in total. The molecule has 0 atom stereocenters. The molecule has 0 spiro atoms. The Hall–Kier alpha value is 2.39. The SMILES string of the molecule is CC(=O)[O-].[Na+].[Na+].[Na+].[OH-].[OH-]. The molecule has 0 aliphatic carbocycles. The van der Waals surface area contributed by atoms with Crippen LogP contribution in [0.15, 0.2) is 0 Å². The van der Waals surface area contributed by atoms with Gasteiger partial charge in [0, 0.05) is 5.97 Å². The van der Waals surface area contributed by atoms with E-state index in [1.54, 1.807) is 0 Å². The predicted molar refractivity (Wildman–Crippen MR) is 14.6 cm³/mol. The first-order chi connectivity index (χ1) is 1.73. The first kappa shape index (κ1) is 42.3.